The third kappa shape index (κ3) is 5.75. The average Bonchev–Trinajstić information content (AvgIpc) is 2.76. The lowest BCUT2D eigenvalue weighted by Crippen LogP contribution is -2.80. The summed E-state index contributed by atoms with van der Waals surface area (Å²) in [6, 6.07) is -1.10. The quantitative estimate of drug-likeness (QED) is 0.113. The number of carboxylic acid groups (broad SMARTS) is 2. The summed E-state index contributed by atoms with van der Waals surface area (Å²) in [7, 11) is 1.18. The van der Waals surface area contributed by atoms with Crippen molar-refractivity contribution in [3.8, 4) is 0 Å². The van der Waals surface area contributed by atoms with Crippen LogP contribution in [0.5, 0.6) is 0 Å². The molecule has 2 aliphatic rings. The highest BCUT2D eigenvalue weighted by Crippen LogP contribution is 2.46. The third-order valence-corrected chi connectivity index (χ3v) is 6.44. The Morgan fingerprint density at radius 2 is 1.94 bits per heavy atom. The van der Waals surface area contributed by atoms with E-state index in [0.717, 1.165) is 16.7 Å². The SMILES string of the molecule is CO[C@@]1(NC(=O)CCC[C@H](NCC(N)=O)C(=O)O)C(=O)N2C(C(=O)O)=C(COC(N)=O)CS[C@@H]21. The number of amides is 4. The number of hydrogen-bond donors (Lipinski definition) is 6. The van der Waals surface area contributed by atoms with Crippen molar-refractivity contribution < 1.29 is 48.5 Å². The zero-order chi connectivity index (χ0) is 25.6. The molecule has 1 fully saturated rings. The Balaban J connectivity index is 2.04. The Kier molecular flexibility index (Phi) is 8.83. The number of thioether (sulfide) groups is 1. The minimum atomic E-state index is -1.82. The van der Waals surface area contributed by atoms with Crippen LogP contribution in [-0.4, -0.2) is 94.0 Å². The Hall–Kier alpha value is -3.37. The normalized spacial score (nSPS) is 22.3. The van der Waals surface area contributed by atoms with Gasteiger partial charge in [0.2, 0.25) is 11.8 Å². The number of nitrogens with two attached hydrogens (primary N) is 2. The molecule has 16 heteroatoms. The summed E-state index contributed by atoms with van der Waals surface area (Å²) in [5.74, 6) is -4.78. The van der Waals surface area contributed by atoms with E-state index in [-0.39, 0.29) is 42.8 Å². The monoisotopic (exact) mass is 503 g/mol. The van der Waals surface area contributed by atoms with Gasteiger partial charge in [0.05, 0.1) is 6.54 Å². The predicted octanol–water partition coefficient (Wildman–Crippen LogP) is -2.51. The molecule has 34 heavy (non-hydrogen) atoms. The fourth-order valence-corrected chi connectivity index (χ4v) is 4.91. The van der Waals surface area contributed by atoms with Crippen molar-refractivity contribution in [1.82, 2.24) is 15.5 Å². The van der Waals surface area contributed by atoms with E-state index in [9.17, 15) is 39.0 Å². The number of carbonyl (C=O) groups excluding carboxylic acids is 4. The number of primary amides is 2. The maximum Gasteiger partial charge on any atom is 0.404 e. The van der Waals surface area contributed by atoms with Crippen molar-refractivity contribution in [2.24, 2.45) is 11.5 Å². The zero-order valence-corrected chi connectivity index (χ0v) is 18.9. The number of ether oxygens (including phenoxy) is 2. The lowest BCUT2D eigenvalue weighted by molar-refractivity contribution is -0.192. The molecule has 3 atom stereocenters. The summed E-state index contributed by atoms with van der Waals surface area (Å²) in [6.07, 6.45) is -1.17. The van der Waals surface area contributed by atoms with Gasteiger partial charge >= 0.3 is 18.0 Å². The Morgan fingerprint density at radius 3 is 2.47 bits per heavy atom. The largest absolute Gasteiger partial charge is 0.480 e. The molecule has 2 rings (SSSR count). The van der Waals surface area contributed by atoms with Gasteiger partial charge in [-0.3, -0.25) is 29.4 Å². The van der Waals surface area contributed by atoms with E-state index in [2.05, 4.69) is 15.4 Å². The van der Waals surface area contributed by atoms with Crippen molar-refractivity contribution in [2.45, 2.75) is 36.4 Å². The van der Waals surface area contributed by atoms with E-state index in [1.807, 2.05) is 0 Å². The molecule has 0 radical (unpaired) electrons. The predicted molar refractivity (Wildman–Crippen MR) is 114 cm³/mol. The van der Waals surface area contributed by atoms with Crippen LogP contribution in [0.4, 0.5) is 4.79 Å². The van der Waals surface area contributed by atoms with Crippen LogP contribution in [0.25, 0.3) is 0 Å². The van der Waals surface area contributed by atoms with E-state index in [1.165, 1.54) is 7.11 Å². The van der Waals surface area contributed by atoms with Crippen LogP contribution in [0, 0.1) is 0 Å². The van der Waals surface area contributed by atoms with Gasteiger partial charge in [-0.25, -0.2) is 9.59 Å². The molecule has 15 nitrogen and oxygen atoms in total. The van der Waals surface area contributed by atoms with Gasteiger partial charge in [-0.1, -0.05) is 0 Å². The summed E-state index contributed by atoms with van der Waals surface area (Å²) >= 11 is 1.09. The molecular formula is C18H25N5O10S. The second-order valence-electron chi connectivity index (χ2n) is 7.32. The number of nitrogens with one attached hydrogen (secondary N) is 2. The Bertz CT molecular complexity index is 925. The summed E-state index contributed by atoms with van der Waals surface area (Å²) in [5.41, 5.74) is 7.84. The van der Waals surface area contributed by atoms with Gasteiger partial charge in [0, 0.05) is 24.9 Å². The van der Waals surface area contributed by atoms with Crippen molar-refractivity contribution >= 4 is 47.5 Å². The van der Waals surface area contributed by atoms with E-state index in [1.54, 1.807) is 0 Å². The van der Waals surface area contributed by atoms with Crippen molar-refractivity contribution in [3.63, 3.8) is 0 Å². The molecule has 8 N–H and O–H groups in total. The lowest BCUT2D eigenvalue weighted by atomic mass is 9.97. The molecule has 0 spiro atoms. The van der Waals surface area contributed by atoms with Crippen LogP contribution in [-0.2, 0) is 33.4 Å². The highest BCUT2D eigenvalue weighted by Gasteiger charge is 2.66. The second-order valence-corrected chi connectivity index (χ2v) is 8.39. The van der Waals surface area contributed by atoms with Gasteiger partial charge in [0.1, 0.15) is 23.7 Å². The first-order valence-electron chi connectivity index (χ1n) is 9.88. The van der Waals surface area contributed by atoms with Gasteiger partial charge in [0.15, 0.2) is 0 Å². The van der Waals surface area contributed by atoms with Crippen molar-refractivity contribution in [3.05, 3.63) is 11.3 Å². The van der Waals surface area contributed by atoms with Crippen molar-refractivity contribution in [1.29, 1.82) is 0 Å². The third-order valence-electron chi connectivity index (χ3n) is 5.07. The van der Waals surface area contributed by atoms with Crippen LogP contribution in [0.2, 0.25) is 0 Å². The molecule has 0 aromatic heterocycles. The van der Waals surface area contributed by atoms with Gasteiger partial charge in [-0.2, -0.15) is 0 Å². The number of β-lactam (4-membered cyclic amide) rings is 1. The maximum atomic E-state index is 12.9. The number of rotatable bonds is 13. The van der Waals surface area contributed by atoms with Gasteiger partial charge in [-0.05, 0) is 12.8 Å². The molecule has 0 saturated carbocycles. The summed E-state index contributed by atoms with van der Waals surface area (Å²) in [6.45, 7) is -0.758. The molecule has 188 valence electrons. The topological polar surface area (TPSA) is 241 Å². The van der Waals surface area contributed by atoms with Crippen LogP contribution >= 0.6 is 11.8 Å². The summed E-state index contributed by atoms with van der Waals surface area (Å²) in [4.78, 5) is 71.0. The number of methoxy groups -OCH3 is 1. The summed E-state index contributed by atoms with van der Waals surface area (Å²) in [5, 5.41) is 22.8. The van der Waals surface area contributed by atoms with Gasteiger partial charge in [-0.15, -0.1) is 11.8 Å². The molecule has 0 aliphatic carbocycles. The molecule has 0 aromatic rings. The molecule has 2 aliphatic heterocycles. The highest BCUT2D eigenvalue weighted by molar-refractivity contribution is 8.00. The summed E-state index contributed by atoms with van der Waals surface area (Å²) < 4.78 is 9.95. The minimum absolute atomic E-state index is 0.00336. The van der Waals surface area contributed by atoms with Crippen LogP contribution in [0.1, 0.15) is 19.3 Å². The van der Waals surface area contributed by atoms with E-state index >= 15 is 0 Å². The number of carboxylic acids is 2. The van der Waals surface area contributed by atoms with Crippen LogP contribution < -0.4 is 22.1 Å². The fourth-order valence-electron chi connectivity index (χ4n) is 3.49. The number of fused-ring (bicyclic) bond motifs is 1. The number of carbonyl (C=O) groups is 6. The molecule has 0 aromatic carbocycles. The second kappa shape index (κ2) is 11.2. The van der Waals surface area contributed by atoms with E-state index in [4.69, 9.17) is 16.2 Å². The van der Waals surface area contributed by atoms with E-state index in [0.29, 0.717) is 0 Å². The number of nitrogens with zero attached hydrogens (tertiary/aromatic N) is 1. The van der Waals surface area contributed by atoms with Crippen LogP contribution in [0.3, 0.4) is 0 Å². The number of hydrogen-bond acceptors (Lipinski definition) is 10. The Morgan fingerprint density at radius 1 is 1.26 bits per heavy atom. The van der Waals surface area contributed by atoms with Crippen LogP contribution in [0.15, 0.2) is 11.3 Å². The Labute approximate surface area is 197 Å². The van der Waals surface area contributed by atoms with Gasteiger partial charge in [0.25, 0.3) is 11.6 Å². The smallest absolute Gasteiger partial charge is 0.404 e. The van der Waals surface area contributed by atoms with Gasteiger partial charge < -0.3 is 36.5 Å². The molecule has 1 saturated heterocycles. The lowest BCUT2D eigenvalue weighted by Gasteiger charge is -2.55. The molecule has 4 amide bonds. The highest BCUT2D eigenvalue weighted by atomic mass is 32.2. The average molecular weight is 503 g/mol. The standard InChI is InChI=1S/C18H25N5O10S/c1-32-18(22-11(25)4-2-3-9(13(26)27)21-5-10(19)24)15(30)23-12(14(28)29)8(6-33-17(20)31)7-34-16(18)23/h9,16,21H,2-7H2,1H3,(H2,19,24)(H2,20,31)(H,22,25)(H,26,27)(H,28,29)/t9-,16+,18-/m0/s1. The first-order valence-corrected chi connectivity index (χ1v) is 10.9. The molecule has 0 unspecified atom stereocenters. The van der Waals surface area contributed by atoms with Crippen molar-refractivity contribution in [2.75, 3.05) is 26.0 Å². The fraction of sp³-hybridized carbons (Fsp3) is 0.556. The molecular weight excluding hydrogens is 478 g/mol. The minimum Gasteiger partial charge on any atom is -0.480 e. The first-order chi connectivity index (χ1) is 15.9. The zero-order valence-electron chi connectivity index (χ0n) is 18.1. The van der Waals surface area contributed by atoms with E-state index < -0.39 is 59.5 Å². The first kappa shape index (κ1) is 26.9. The molecule has 2 heterocycles. The molecule has 0 bridgehead atoms. The maximum absolute atomic E-state index is 12.9. The number of aliphatic carboxylic acids is 2.